The minimum atomic E-state index is -1.00. The van der Waals surface area contributed by atoms with Crippen molar-refractivity contribution in [2.75, 3.05) is 20.8 Å². The Morgan fingerprint density at radius 1 is 1.21 bits per heavy atom. The van der Waals surface area contributed by atoms with E-state index in [1.54, 1.807) is 25.3 Å². The Morgan fingerprint density at radius 3 is 2.60 bits per heavy atom. The molecule has 11 nitrogen and oxygen atoms in total. The van der Waals surface area contributed by atoms with Gasteiger partial charge in [-0.05, 0) is 75.3 Å². The Bertz CT molecular complexity index is 1460. The Kier molecular flexibility index (Phi) is 11.6. The van der Waals surface area contributed by atoms with Crippen LogP contribution in [0.3, 0.4) is 0 Å². The van der Waals surface area contributed by atoms with Gasteiger partial charge in [-0.3, -0.25) is 4.79 Å². The lowest BCUT2D eigenvalue weighted by Crippen LogP contribution is -2.58. The van der Waals surface area contributed by atoms with Crippen LogP contribution in [-0.4, -0.2) is 77.4 Å². The minimum Gasteiger partial charge on any atom is -0.497 e. The first-order chi connectivity index (χ1) is 22.3. The summed E-state index contributed by atoms with van der Waals surface area (Å²) >= 11 is 6.50. The number of nitrogens with one attached hydrogen (secondary N) is 1. The molecular weight excluding hydrogens is 624 g/mol. The maximum absolute atomic E-state index is 14.4. The van der Waals surface area contributed by atoms with Crippen LogP contribution in [0.15, 0.2) is 30.9 Å². The number of carbonyl (C=O) groups excluding carboxylic acids is 3. The zero-order chi connectivity index (χ0) is 34.5. The summed E-state index contributed by atoms with van der Waals surface area (Å²) in [6, 6.07) is 3.27. The fourth-order valence-corrected chi connectivity index (χ4v) is 7.13. The topological polar surface area (TPSA) is 129 Å². The molecule has 0 unspecified atom stereocenters. The zero-order valence-electron chi connectivity index (χ0n) is 28.6. The summed E-state index contributed by atoms with van der Waals surface area (Å²) in [4.78, 5) is 51.6. The van der Waals surface area contributed by atoms with Gasteiger partial charge in [-0.25, -0.2) is 19.6 Å². The van der Waals surface area contributed by atoms with Crippen LogP contribution in [0.2, 0.25) is 5.15 Å². The third-order valence-corrected chi connectivity index (χ3v) is 9.85. The van der Waals surface area contributed by atoms with E-state index in [1.807, 2.05) is 40.7 Å². The summed E-state index contributed by atoms with van der Waals surface area (Å²) in [5.41, 5.74) is -0.271. The molecule has 1 aliphatic carbocycles. The van der Waals surface area contributed by atoms with Gasteiger partial charge in [0.2, 0.25) is 5.91 Å². The lowest BCUT2D eigenvalue weighted by Gasteiger charge is -2.37. The molecule has 0 spiro atoms. The van der Waals surface area contributed by atoms with Crippen molar-refractivity contribution in [2.24, 2.45) is 17.3 Å². The van der Waals surface area contributed by atoms with E-state index in [9.17, 15) is 14.4 Å². The van der Waals surface area contributed by atoms with Gasteiger partial charge >= 0.3 is 12.1 Å². The number of fused-ring (bicyclic) bond motifs is 1. The fraction of sp³-hybridized carbons (Fsp3) is 0.629. The largest absolute Gasteiger partial charge is 0.497 e. The van der Waals surface area contributed by atoms with Gasteiger partial charge < -0.3 is 29.2 Å². The monoisotopic (exact) mass is 672 g/mol. The average molecular weight is 673 g/mol. The number of alkyl carbamates (subject to hydrolysis) is 1. The molecule has 1 aromatic heterocycles. The van der Waals surface area contributed by atoms with E-state index in [4.69, 9.17) is 30.5 Å². The van der Waals surface area contributed by atoms with E-state index in [-0.39, 0.29) is 23.5 Å². The average Bonchev–Trinajstić information content (AvgIpc) is 3.58. The van der Waals surface area contributed by atoms with Crippen molar-refractivity contribution in [3.05, 3.63) is 36.0 Å². The molecule has 2 aliphatic rings. The molecule has 12 heteroatoms. The summed E-state index contributed by atoms with van der Waals surface area (Å²) in [6.45, 7) is 13.3. The van der Waals surface area contributed by atoms with Crippen LogP contribution < -0.4 is 14.8 Å². The maximum Gasteiger partial charge on any atom is 0.408 e. The molecular formula is C35H49ClN4O7. The molecule has 2 fully saturated rings. The number of aromatic nitrogens is 2. The van der Waals surface area contributed by atoms with E-state index in [2.05, 4.69) is 21.9 Å². The van der Waals surface area contributed by atoms with Crippen molar-refractivity contribution in [1.29, 1.82) is 0 Å². The quantitative estimate of drug-likeness (QED) is 0.152. The van der Waals surface area contributed by atoms with Crippen molar-refractivity contribution >= 4 is 40.6 Å². The van der Waals surface area contributed by atoms with Crippen molar-refractivity contribution in [3.8, 4) is 11.6 Å². The highest BCUT2D eigenvalue weighted by atomic mass is 35.5. The summed E-state index contributed by atoms with van der Waals surface area (Å²) in [5.74, 6) is -0.559. The molecule has 258 valence electrons. The van der Waals surface area contributed by atoms with Crippen molar-refractivity contribution in [2.45, 2.75) is 103 Å². The Hall–Kier alpha value is -3.60. The number of hydrogen-bond acceptors (Lipinski definition) is 9. The highest BCUT2D eigenvalue weighted by Gasteiger charge is 2.52. The van der Waals surface area contributed by atoms with Gasteiger partial charge in [0.05, 0.1) is 31.8 Å². The van der Waals surface area contributed by atoms with Gasteiger partial charge in [0.15, 0.2) is 5.15 Å². The number of esters is 1. The third kappa shape index (κ3) is 8.11. The molecule has 2 amide bonds. The first-order valence-corrected chi connectivity index (χ1v) is 16.8. The van der Waals surface area contributed by atoms with Crippen LogP contribution in [0.5, 0.6) is 11.6 Å². The van der Waals surface area contributed by atoms with Gasteiger partial charge in [0.25, 0.3) is 5.88 Å². The summed E-state index contributed by atoms with van der Waals surface area (Å²) in [7, 11) is 2.84. The summed E-state index contributed by atoms with van der Waals surface area (Å²) in [6.07, 6.45) is 6.61. The SMILES string of the molecule is C=CCCC[C@@H]1CCC[C@@]1(C)OC(=O)N[C@H](C(=O)N1C[C@H](Oc2nc3cc(OC)ccc3nc2Cl)[C@@H](CC)[C@H]1C(=O)OC)C(C)(C)C. The Labute approximate surface area is 282 Å². The van der Waals surface area contributed by atoms with Gasteiger partial charge in [-0.15, -0.1) is 6.58 Å². The molecule has 2 heterocycles. The number of hydrogen-bond donors (Lipinski definition) is 1. The number of amides is 2. The minimum absolute atomic E-state index is 0.0393. The molecule has 1 aromatic carbocycles. The second-order valence-electron chi connectivity index (χ2n) is 13.8. The Morgan fingerprint density at radius 2 is 1.96 bits per heavy atom. The number of ether oxygens (including phenoxy) is 4. The van der Waals surface area contributed by atoms with E-state index in [0.717, 1.165) is 38.5 Å². The lowest BCUT2D eigenvalue weighted by molar-refractivity contribution is -0.154. The van der Waals surface area contributed by atoms with E-state index >= 15 is 0 Å². The summed E-state index contributed by atoms with van der Waals surface area (Å²) in [5, 5.41) is 2.92. The number of carbonyl (C=O) groups is 3. The van der Waals surface area contributed by atoms with Gasteiger partial charge in [-0.1, -0.05) is 45.4 Å². The van der Waals surface area contributed by atoms with Crippen LogP contribution in [-0.2, 0) is 19.1 Å². The van der Waals surface area contributed by atoms with Gasteiger partial charge in [-0.2, -0.15) is 0 Å². The fourth-order valence-electron chi connectivity index (χ4n) is 6.95. The number of unbranched alkanes of at least 4 members (excludes halogenated alkanes) is 1. The molecule has 1 saturated heterocycles. The van der Waals surface area contributed by atoms with Crippen molar-refractivity contribution < 1.29 is 33.3 Å². The van der Waals surface area contributed by atoms with Crippen LogP contribution in [0, 0.1) is 17.3 Å². The van der Waals surface area contributed by atoms with E-state index in [0.29, 0.717) is 23.2 Å². The van der Waals surface area contributed by atoms with Crippen LogP contribution in [0.1, 0.15) is 79.6 Å². The van der Waals surface area contributed by atoms with Crippen molar-refractivity contribution in [3.63, 3.8) is 0 Å². The van der Waals surface area contributed by atoms with Crippen LogP contribution in [0.25, 0.3) is 11.0 Å². The van der Waals surface area contributed by atoms with Gasteiger partial charge in [0.1, 0.15) is 29.5 Å². The second kappa shape index (κ2) is 15.1. The smallest absolute Gasteiger partial charge is 0.408 e. The molecule has 47 heavy (non-hydrogen) atoms. The molecule has 0 radical (unpaired) electrons. The number of likely N-dealkylation sites (tertiary alicyclic amines) is 1. The van der Waals surface area contributed by atoms with Crippen LogP contribution >= 0.6 is 11.6 Å². The summed E-state index contributed by atoms with van der Waals surface area (Å²) < 4.78 is 22.9. The predicted octanol–water partition coefficient (Wildman–Crippen LogP) is 6.51. The first-order valence-electron chi connectivity index (χ1n) is 16.4. The highest BCUT2D eigenvalue weighted by Crippen LogP contribution is 2.42. The normalized spacial score (nSPS) is 24.9. The number of nitrogens with zero attached hydrogens (tertiary/aromatic N) is 3. The predicted molar refractivity (Wildman–Crippen MR) is 179 cm³/mol. The van der Waals surface area contributed by atoms with Crippen molar-refractivity contribution in [1.82, 2.24) is 20.2 Å². The van der Waals surface area contributed by atoms with E-state index in [1.165, 1.54) is 12.0 Å². The first kappa shape index (κ1) is 36.2. The van der Waals surface area contributed by atoms with E-state index < -0.39 is 53.1 Å². The van der Waals surface area contributed by atoms with Crippen LogP contribution in [0.4, 0.5) is 4.79 Å². The second-order valence-corrected chi connectivity index (χ2v) is 14.2. The lowest BCUT2D eigenvalue weighted by atomic mass is 9.85. The van der Waals surface area contributed by atoms with Gasteiger partial charge in [0, 0.05) is 12.0 Å². The molecule has 1 saturated carbocycles. The maximum atomic E-state index is 14.4. The highest BCUT2D eigenvalue weighted by molar-refractivity contribution is 6.31. The third-order valence-electron chi connectivity index (χ3n) is 9.61. The molecule has 2 aromatic rings. The molecule has 4 rings (SSSR count). The number of halogens is 1. The number of methoxy groups -OCH3 is 2. The standard InChI is InChI=1S/C35H49ClN4O7/c1-9-11-12-14-21-15-13-18-35(21,6)47-33(43)39-28(34(3,4)5)31(41)40-20-26(23(10-2)27(40)32(42)45-8)46-30-29(36)37-24-17-16-22(44-7)19-25(24)38-30/h9,16-17,19,21,23,26-28H,1,10-15,18,20H2,2-8H3,(H,39,43)/t21-,23-,26+,27+,28-,35-/m1/s1. The molecule has 0 bridgehead atoms. The number of benzene rings is 1. The molecule has 1 N–H and O–H groups in total. The molecule has 6 atom stereocenters. The number of allylic oxidation sites excluding steroid dienone is 1. The molecule has 1 aliphatic heterocycles. The zero-order valence-corrected chi connectivity index (χ0v) is 29.4. The number of rotatable bonds is 12. The Balaban J connectivity index is 1.58.